The molecule has 0 saturated heterocycles. The Morgan fingerprint density at radius 2 is 2.16 bits per heavy atom. The molecule has 1 aliphatic heterocycles. The van der Waals surface area contributed by atoms with Gasteiger partial charge in [-0.25, -0.2) is 14.0 Å². The standard InChI is InChI=1S/C18H20ClFN2O3/c1-3-25-17(23)14-10(2)22(9-11-7-8-11)18(24)21-16(14)15-12(19)5-4-6-13(15)20/h4-6,11,16H,3,7-9H2,1-2H3,(H,21,24)/t16-/m1/s1. The Hall–Kier alpha value is -2.08. The molecule has 2 aliphatic rings. The minimum absolute atomic E-state index is 0.0750. The first-order chi connectivity index (χ1) is 11.9. The molecule has 1 aliphatic carbocycles. The van der Waals surface area contributed by atoms with E-state index < -0.39 is 17.8 Å². The summed E-state index contributed by atoms with van der Waals surface area (Å²) < 4.78 is 19.6. The SMILES string of the molecule is CCOC(=O)C1=C(C)N(CC2CC2)C(=O)N[C@H]1c1c(F)cccc1Cl. The van der Waals surface area contributed by atoms with E-state index in [2.05, 4.69) is 5.32 Å². The maximum absolute atomic E-state index is 14.4. The van der Waals surface area contributed by atoms with Crippen LogP contribution in [0.4, 0.5) is 9.18 Å². The third-order valence-corrected chi connectivity index (χ3v) is 4.85. The second-order valence-electron chi connectivity index (χ2n) is 6.29. The largest absolute Gasteiger partial charge is 0.463 e. The average Bonchev–Trinajstić information content (AvgIpc) is 3.35. The third-order valence-electron chi connectivity index (χ3n) is 4.52. The Bertz CT molecular complexity index is 726. The number of rotatable bonds is 5. The van der Waals surface area contributed by atoms with Crippen molar-refractivity contribution < 1.29 is 18.7 Å². The lowest BCUT2D eigenvalue weighted by molar-refractivity contribution is -0.139. The molecule has 0 spiro atoms. The van der Waals surface area contributed by atoms with Gasteiger partial charge in [-0.2, -0.15) is 0 Å². The Labute approximate surface area is 150 Å². The highest BCUT2D eigenvalue weighted by atomic mass is 35.5. The van der Waals surface area contributed by atoms with Crippen molar-refractivity contribution in [1.29, 1.82) is 0 Å². The molecule has 1 aromatic rings. The number of allylic oxidation sites excluding steroid dienone is 1. The summed E-state index contributed by atoms with van der Waals surface area (Å²) in [6.07, 6.45) is 2.13. The highest BCUT2D eigenvalue weighted by Gasteiger charge is 2.40. The quantitative estimate of drug-likeness (QED) is 0.806. The molecule has 3 rings (SSSR count). The third kappa shape index (κ3) is 3.49. The number of halogens is 2. The molecule has 0 bridgehead atoms. The van der Waals surface area contributed by atoms with Crippen molar-refractivity contribution >= 4 is 23.6 Å². The normalized spacial score (nSPS) is 20.6. The van der Waals surface area contributed by atoms with E-state index in [9.17, 15) is 14.0 Å². The monoisotopic (exact) mass is 366 g/mol. The summed E-state index contributed by atoms with van der Waals surface area (Å²) in [7, 11) is 0. The number of nitrogens with one attached hydrogen (secondary N) is 1. The fourth-order valence-corrected chi connectivity index (χ4v) is 3.31. The number of carbonyl (C=O) groups is 2. The molecule has 1 saturated carbocycles. The van der Waals surface area contributed by atoms with Crippen LogP contribution in [-0.4, -0.2) is 30.1 Å². The van der Waals surface area contributed by atoms with E-state index in [1.807, 2.05) is 0 Å². The maximum atomic E-state index is 14.4. The Morgan fingerprint density at radius 1 is 1.44 bits per heavy atom. The van der Waals surface area contributed by atoms with Crippen LogP contribution in [0.25, 0.3) is 0 Å². The van der Waals surface area contributed by atoms with Gasteiger partial charge >= 0.3 is 12.0 Å². The van der Waals surface area contributed by atoms with Gasteiger partial charge in [0.25, 0.3) is 0 Å². The van der Waals surface area contributed by atoms with E-state index in [0.29, 0.717) is 18.2 Å². The van der Waals surface area contributed by atoms with Gasteiger partial charge in [0, 0.05) is 22.8 Å². The van der Waals surface area contributed by atoms with E-state index in [4.69, 9.17) is 16.3 Å². The number of carbonyl (C=O) groups excluding carboxylic acids is 2. The summed E-state index contributed by atoms with van der Waals surface area (Å²) in [4.78, 5) is 26.6. The van der Waals surface area contributed by atoms with Crippen LogP contribution in [0.15, 0.2) is 29.5 Å². The number of hydrogen-bond acceptors (Lipinski definition) is 3. The predicted octanol–water partition coefficient (Wildman–Crippen LogP) is 3.79. The summed E-state index contributed by atoms with van der Waals surface area (Å²) in [5, 5.41) is 2.87. The van der Waals surface area contributed by atoms with E-state index in [1.54, 1.807) is 13.8 Å². The lowest BCUT2D eigenvalue weighted by atomic mass is 9.94. The smallest absolute Gasteiger partial charge is 0.338 e. The van der Waals surface area contributed by atoms with Crippen molar-refractivity contribution in [3.63, 3.8) is 0 Å². The molecule has 1 heterocycles. The average molecular weight is 367 g/mol. The fraction of sp³-hybridized carbons (Fsp3) is 0.444. The van der Waals surface area contributed by atoms with Crippen molar-refractivity contribution in [1.82, 2.24) is 10.2 Å². The number of esters is 1. The van der Waals surface area contributed by atoms with Gasteiger partial charge in [-0.05, 0) is 44.7 Å². The number of benzene rings is 1. The van der Waals surface area contributed by atoms with Crippen molar-refractivity contribution in [2.45, 2.75) is 32.7 Å². The minimum atomic E-state index is -0.976. The molecular weight excluding hydrogens is 347 g/mol. The first-order valence-corrected chi connectivity index (χ1v) is 8.71. The highest BCUT2D eigenvalue weighted by Crippen LogP contribution is 2.38. The predicted molar refractivity (Wildman–Crippen MR) is 91.4 cm³/mol. The number of ether oxygens (including phenoxy) is 1. The highest BCUT2D eigenvalue weighted by molar-refractivity contribution is 6.31. The van der Waals surface area contributed by atoms with Crippen LogP contribution in [0.1, 0.15) is 38.3 Å². The van der Waals surface area contributed by atoms with Crippen molar-refractivity contribution in [2.75, 3.05) is 13.2 Å². The van der Waals surface area contributed by atoms with Gasteiger partial charge in [-0.1, -0.05) is 17.7 Å². The summed E-state index contributed by atoms with van der Waals surface area (Å²) in [5.74, 6) is -0.717. The summed E-state index contributed by atoms with van der Waals surface area (Å²) >= 11 is 6.16. The number of nitrogens with zero attached hydrogens (tertiary/aromatic N) is 1. The number of amides is 2. The molecule has 25 heavy (non-hydrogen) atoms. The second-order valence-corrected chi connectivity index (χ2v) is 6.70. The van der Waals surface area contributed by atoms with Crippen LogP contribution < -0.4 is 5.32 Å². The maximum Gasteiger partial charge on any atom is 0.338 e. The van der Waals surface area contributed by atoms with Gasteiger partial charge < -0.3 is 10.1 Å². The fourth-order valence-electron chi connectivity index (χ4n) is 3.04. The zero-order valence-electron chi connectivity index (χ0n) is 14.1. The van der Waals surface area contributed by atoms with Crippen molar-refractivity contribution in [2.24, 2.45) is 5.92 Å². The Morgan fingerprint density at radius 3 is 2.76 bits per heavy atom. The molecular formula is C18H20ClFN2O3. The molecule has 1 atom stereocenters. The molecule has 0 unspecified atom stereocenters. The van der Waals surface area contributed by atoms with Gasteiger partial charge in [0.05, 0.1) is 18.2 Å². The zero-order valence-corrected chi connectivity index (χ0v) is 14.9. The van der Waals surface area contributed by atoms with Crippen molar-refractivity contribution in [3.8, 4) is 0 Å². The van der Waals surface area contributed by atoms with E-state index in [1.165, 1.54) is 23.1 Å². The topological polar surface area (TPSA) is 58.6 Å². The van der Waals surface area contributed by atoms with Crippen LogP contribution in [0.2, 0.25) is 5.02 Å². The Balaban J connectivity index is 2.08. The molecule has 7 heteroatoms. The van der Waals surface area contributed by atoms with Crippen LogP contribution in [-0.2, 0) is 9.53 Å². The number of urea groups is 1. The molecule has 1 N–H and O–H groups in total. The van der Waals surface area contributed by atoms with Crippen LogP contribution >= 0.6 is 11.6 Å². The summed E-state index contributed by atoms with van der Waals surface area (Å²) in [6, 6.07) is 2.92. The summed E-state index contributed by atoms with van der Waals surface area (Å²) in [5.41, 5.74) is 0.776. The first-order valence-electron chi connectivity index (χ1n) is 8.33. The van der Waals surface area contributed by atoms with E-state index >= 15 is 0 Å². The van der Waals surface area contributed by atoms with Crippen LogP contribution in [0, 0.1) is 11.7 Å². The number of hydrogen-bond donors (Lipinski definition) is 1. The molecule has 0 aromatic heterocycles. The van der Waals surface area contributed by atoms with Gasteiger partial charge in [0.1, 0.15) is 5.82 Å². The minimum Gasteiger partial charge on any atom is -0.463 e. The Kier molecular flexibility index (Phi) is 4.99. The van der Waals surface area contributed by atoms with E-state index in [0.717, 1.165) is 12.8 Å². The zero-order chi connectivity index (χ0) is 18.1. The molecule has 2 amide bonds. The molecule has 1 aromatic carbocycles. The molecule has 1 fully saturated rings. The second kappa shape index (κ2) is 7.04. The molecule has 134 valence electrons. The van der Waals surface area contributed by atoms with Crippen molar-refractivity contribution in [3.05, 3.63) is 45.9 Å². The van der Waals surface area contributed by atoms with Gasteiger partial charge in [0.15, 0.2) is 0 Å². The van der Waals surface area contributed by atoms with Crippen LogP contribution in [0.5, 0.6) is 0 Å². The van der Waals surface area contributed by atoms with Gasteiger partial charge in [0.2, 0.25) is 0 Å². The molecule has 0 radical (unpaired) electrons. The summed E-state index contributed by atoms with van der Waals surface area (Å²) in [6.45, 7) is 4.11. The lowest BCUT2D eigenvalue weighted by Gasteiger charge is -2.35. The van der Waals surface area contributed by atoms with Gasteiger partial charge in [-0.15, -0.1) is 0 Å². The lowest BCUT2D eigenvalue weighted by Crippen LogP contribution is -2.49. The molecule has 5 nitrogen and oxygen atoms in total. The first kappa shape index (κ1) is 17.7. The van der Waals surface area contributed by atoms with E-state index in [-0.39, 0.29) is 28.8 Å². The van der Waals surface area contributed by atoms with Crippen LogP contribution in [0.3, 0.4) is 0 Å². The van der Waals surface area contributed by atoms with Gasteiger partial charge in [-0.3, -0.25) is 4.90 Å².